The van der Waals surface area contributed by atoms with E-state index in [2.05, 4.69) is 5.10 Å². The van der Waals surface area contributed by atoms with Gasteiger partial charge in [-0.2, -0.15) is 17.9 Å². The van der Waals surface area contributed by atoms with Crippen molar-refractivity contribution >= 4 is 10.4 Å². The second-order valence-corrected chi connectivity index (χ2v) is 8.76. The van der Waals surface area contributed by atoms with Crippen LogP contribution in [-0.4, -0.2) is 36.9 Å². The van der Waals surface area contributed by atoms with Gasteiger partial charge < -0.3 is 9.29 Å². The molecule has 2 aromatic carbocycles. The number of ether oxygens (including phenoxy) is 1. The van der Waals surface area contributed by atoms with Crippen LogP contribution in [0.15, 0.2) is 58.2 Å². The van der Waals surface area contributed by atoms with Crippen LogP contribution in [-0.2, 0) is 33.9 Å². The molecule has 1 aliphatic rings. The summed E-state index contributed by atoms with van der Waals surface area (Å²) in [6.07, 6.45) is -4.66. The Labute approximate surface area is 175 Å². The van der Waals surface area contributed by atoms with E-state index in [4.69, 9.17) is 4.74 Å². The lowest BCUT2D eigenvalue weighted by Gasteiger charge is -2.30. The summed E-state index contributed by atoms with van der Waals surface area (Å²) in [5.74, 6) is 0.793. The molecule has 3 aromatic rings. The Bertz CT molecular complexity index is 1220. The van der Waals surface area contributed by atoms with Crippen molar-refractivity contribution in [1.29, 1.82) is 0 Å². The first-order chi connectivity index (χ1) is 14.6. The first-order valence-electron chi connectivity index (χ1n) is 9.12. The number of benzene rings is 2. The zero-order valence-corrected chi connectivity index (χ0v) is 17.0. The van der Waals surface area contributed by atoms with Crippen LogP contribution >= 0.6 is 0 Å². The highest BCUT2D eigenvalue weighted by Crippen LogP contribution is 2.33. The molecular weight excluding hydrogens is 437 g/mol. The molecule has 1 aromatic heterocycles. The molecule has 1 unspecified atom stereocenters. The number of alkyl halides is 3. The average molecular weight is 454 g/mol. The van der Waals surface area contributed by atoms with Gasteiger partial charge in [0, 0.05) is 12.6 Å². The number of aromatic nitrogens is 3. The van der Waals surface area contributed by atoms with E-state index in [0.717, 1.165) is 27.2 Å². The van der Waals surface area contributed by atoms with Crippen LogP contribution in [0.3, 0.4) is 0 Å². The fourth-order valence-corrected chi connectivity index (χ4v) is 4.74. The summed E-state index contributed by atoms with van der Waals surface area (Å²) in [6, 6.07) is 10.2. The fraction of sp³-hybridized carbons (Fsp3) is 0.263. The quantitative estimate of drug-likeness (QED) is 0.565. The molecule has 0 saturated heterocycles. The van der Waals surface area contributed by atoms with Crippen molar-refractivity contribution in [3.05, 3.63) is 70.4 Å². The third kappa shape index (κ3) is 3.89. The van der Waals surface area contributed by atoms with Crippen molar-refractivity contribution in [2.45, 2.75) is 24.2 Å². The first kappa shape index (κ1) is 21.3. The molecule has 8 nitrogen and oxygen atoms in total. The molecule has 12 heteroatoms. The molecule has 4 rings (SSSR count). The first-order valence-corrected chi connectivity index (χ1v) is 10.6. The van der Waals surface area contributed by atoms with Gasteiger partial charge in [-0.3, -0.25) is 4.57 Å². The predicted octanol–water partition coefficient (Wildman–Crippen LogP) is 2.48. The van der Waals surface area contributed by atoms with Gasteiger partial charge in [0.15, 0.2) is 21.1 Å². The minimum absolute atomic E-state index is 0.0303. The van der Waals surface area contributed by atoms with Crippen LogP contribution in [0.25, 0.3) is 5.69 Å². The van der Waals surface area contributed by atoms with E-state index >= 15 is 0 Å². The molecule has 2 heterocycles. The average Bonchev–Trinajstić information content (AvgIpc) is 3.09. The second kappa shape index (κ2) is 7.62. The standard InChI is InChI=1S/C19H17F3N4O4S/c1-30-15-7-5-14(6-8-15)26-18(27)25-10-9-24(12-17(25)23-26)31(28,29)16-4-2-3-13(11-16)19(20,21)22/h2-8,11H,9-10,12H2,1H3. The van der Waals surface area contributed by atoms with Gasteiger partial charge in [0.25, 0.3) is 0 Å². The highest BCUT2D eigenvalue weighted by Gasteiger charge is 2.38. The van der Waals surface area contributed by atoms with Crippen LogP contribution in [0.1, 0.15) is 11.4 Å². The molecule has 0 amide bonds. The van der Waals surface area contributed by atoms with E-state index in [-0.39, 0.29) is 25.5 Å². The smallest absolute Gasteiger partial charge is 0.416 e. The van der Waals surface area contributed by atoms with Crippen molar-refractivity contribution in [3.8, 4) is 11.4 Å². The number of hydrogen-bond acceptors (Lipinski definition) is 5. The van der Waals surface area contributed by atoms with Crippen molar-refractivity contribution in [3.63, 3.8) is 0 Å². The van der Waals surface area contributed by atoms with Gasteiger partial charge in [-0.25, -0.2) is 4.79 Å². The second-order valence-electron chi connectivity index (χ2n) is 6.82. The number of sulfonamides is 1. The molecule has 164 valence electrons. The molecule has 1 atom stereocenters. The number of methoxy groups -OCH3 is 1. The number of halogens is 3. The van der Waals surface area contributed by atoms with Crippen molar-refractivity contribution in [2.75, 3.05) is 13.7 Å². The van der Waals surface area contributed by atoms with Crippen LogP contribution in [0.4, 0.5) is 13.2 Å². The zero-order chi connectivity index (χ0) is 22.4. The van der Waals surface area contributed by atoms with Gasteiger partial charge in [0.2, 0.25) is 0 Å². The van der Waals surface area contributed by atoms with Crippen LogP contribution < -0.4 is 10.4 Å². The number of hydrogen-bond donors (Lipinski definition) is 0. The van der Waals surface area contributed by atoms with E-state index in [9.17, 15) is 26.7 Å². The Kier molecular flexibility index (Phi) is 5.23. The molecule has 0 N–H and O–H groups in total. The van der Waals surface area contributed by atoms with Gasteiger partial charge in [-0.05, 0) is 36.4 Å². The zero-order valence-electron chi connectivity index (χ0n) is 16.2. The lowest BCUT2D eigenvalue weighted by molar-refractivity contribution is -0.137. The maximum Gasteiger partial charge on any atom is 0.416 e. The molecule has 0 radical (unpaired) electrons. The molecule has 0 spiro atoms. The molecule has 31 heavy (non-hydrogen) atoms. The summed E-state index contributed by atoms with van der Waals surface area (Å²) >= 11 is 0. The van der Waals surface area contributed by atoms with Crippen LogP contribution in [0.5, 0.6) is 5.75 Å². The molecule has 0 saturated carbocycles. The number of nitrogens with zero attached hydrogens (tertiary/aromatic N) is 4. The van der Waals surface area contributed by atoms with Gasteiger partial charge in [0.05, 0.1) is 24.9 Å². The Balaban J connectivity index is 1.64. The van der Waals surface area contributed by atoms with E-state index in [1.54, 1.807) is 24.3 Å². The predicted molar refractivity (Wildman–Crippen MR) is 103 cm³/mol. The van der Waals surface area contributed by atoms with Gasteiger partial charge in [0.1, 0.15) is 12.3 Å². The van der Waals surface area contributed by atoms with Gasteiger partial charge in [-0.1, -0.05) is 10.3 Å². The van der Waals surface area contributed by atoms with Crippen molar-refractivity contribution in [1.82, 2.24) is 18.7 Å². The van der Waals surface area contributed by atoms with Gasteiger partial charge >= 0.3 is 11.9 Å². The van der Waals surface area contributed by atoms with Gasteiger partial charge in [-0.15, -0.1) is 9.40 Å². The van der Waals surface area contributed by atoms with E-state index < -0.39 is 32.7 Å². The third-order valence-electron chi connectivity index (χ3n) is 4.95. The SMILES string of the molecule is COc1ccc(-n2nc3n(c2=O)CCN([S+](=O)([O-])c2cccc(C(F)(F)F)c2)C3)cc1. The summed E-state index contributed by atoms with van der Waals surface area (Å²) in [5.41, 5.74) is -1.01. The third-order valence-corrected chi connectivity index (χ3v) is 6.79. The minimum Gasteiger partial charge on any atom is -0.593 e. The highest BCUT2D eigenvalue weighted by molar-refractivity contribution is 7.95. The molecular formula is C19H17F3N4O4S. The van der Waals surface area contributed by atoms with Crippen LogP contribution in [0.2, 0.25) is 0 Å². The highest BCUT2D eigenvalue weighted by atomic mass is 32.3. The summed E-state index contributed by atoms with van der Waals surface area (Å²) in [6.45, 7) is -0.278. The summed E-state index contributed by atoms with van der Waals surface area (Å²) in [5, 5.41) is 4.23. The molecule has 1 aliphatic heterocycles. The largest absolute Gasteiger partial charge is 0.593 e. The maximum atomic E-state index is 13.0. The molecule has 0 fully saturated rings. The lowest BCUT2D eigenvalue weighted by Crippen LogP contribution is -2.43. The monoisotopic (exact) mass is 454 g/mol. The number of fused-ring (bicyclic) bond motifs is 1. The summed E-state index contributed by atoms with van der Waals surface area (Å²) in [7, 11) is -2.70. The van der Waals surface area contributed by atoms with E-state index in [0.29, 0.717) is 17.5 Å². The normalized spacial score (nSPS) is 16.5. The van der Waals surface area contributed by atoms with Crippen LogP contribution in [0, 0.1) is 0 Å². The fourth-order valence-electron chi connectivity index (χ4n) is 3.31. The van der Waals surface area contributed by atoms with E-state index in [1.165, 1.54) is 11.7 Å². The molecule has 0 aliphatic carbocycles. The maximum absolute atomic E-state index is 13.0. The topological polar surface area (TPSA) is 92.4 Å². The number of rotatable bonds is 4. The van der Waals surface area contributed by atoms with E-state index in [1.807, 2.05) is 0 Å². The Morgan fingerprint density at radius 2 is 1.84 bits per heavy atom. The Morgan fingerprint density at radius 1 is 1.13 bits per heavy atom. The minimum atomic E-state index is -4.66. The van der Waals surface area contributed by atoms with Crippen molar-refractivity contribution < 1.29 is 26.7 Å². The molecule has 0 bridgehead atoms. The lowest BCUT2D eigenvalue weighted by atomic mass is 10.2. The summed E-state index contributed by atoms with van der Waals surface area (Å²) in [4.78, 5) is 12.2. The summed E-state index contributed by atoms with van der Waals surface area (Å²) < 4.78 is 73.4. The van der Waals surface area contributed by atoms with Crippen molar-refractivity contribution in [2.24, 2.45) is 0 Å². The Hall–Kier alpha value is -2.96. The Morgan fingerprint density at radius 3 is 2.48 bits per heavy atom.